The maximum Gasteiger partial charge on any atom is 0.303 e. The summed E-state index contributed by atoms with van der Waals surface area (Å²) in [6.07, 6.45) is 0.222. The van der Waals surface area contributed by atoms with Crippen LogP contribution in [0, 0.1) is 10.5 Å². The third kappa shape index (κ3) is 41.7. The molecule has 0 bridgehead atoms. The average Bonchev–Trinajstić information content (AvgIpc) is 1.73. The van der Waals surface area contributed by atoms with Crippen molar-refractivity contribution in [3.63, 3.8) is 0 Å². The minimum atomic E-state index is -0.745. The van der Waals surface area contributed by atoms with E-state index in [4.69, 9.17) is 10.0 Å². The van der Waals surface area contributed by atoms with Crippen molar-refractivity contribution in [2.75, 3.05) is 0 Å². The summed E-state index contributed by atoms with van der Waals surface area (Å²) in [5.74, 6) is -0.745. The summed E-state index contributed by atoms with van der Waals surface area (Å²) in [7, 11) is 0. The molecule has 0 aromatic heterocycles. The van der Waals surface area contributed by atoms with Gasteiger partial charge in [-0.15, -0.1) is 0 Å². The summed E-state index contributed by atoms with van der Waals surface area (Å²) in [6.45, 7) is 1.60. The Bertz CT molecular complexity index is 54.1. The molecule has 0 aliphatic carbocycles. The zero-order valence-corrected chi connectivity index (χ0v) is 3.97. The second-order valence-corrected chi connectivity index (χ2v) is 0.747. The highest BCUT2D eigenvalue weighted by Gasteiger charge is 1.80. The molecule has 0 amide bonds. The van der Waals surface area contributed by atoms with Gasteiger partial charge in [-0.1, -0.05) is 12.5 Å². The van der Waals surface area contributed by atoms with E-state index in [-0.39, 0.29) is 6.42 Å². The number of carboxylic acid groups (broad SMARTS) is 1. The van der Waals surface area contributed by atoms with Crippen molar-refractivity contribution < 1.29 is 9.90 Å². The van der Waals surface area contributed by atoms with Crippen LogP contribution in [0.3, 0.4) is 0 Å². The predicted octanol–water partition coefficient (Wildman–Crippen LogP) is 0.813. The Kier molecular flexibility index (Phi) is 12.0. The van der Waals surface area contributed by atoms with Crippen LogP contribution in [0.15, 0.2) is 0 Å². The van der Waals surface area contributed by atoms with Gasteiger partial charge in [0, 0.05) is 6.42 Å². The lowest BCUT2D eigenvalue weighted by Gasteiger charge is -1.71. The third-order valence-electron chi connectivity index (χ3n) is 0.302. The van der Waals surface area contributed by atoms with E-state index in [0.29, 0.717) is 0 Å². The zero-order chi connectivity index (χ0) is 6.28. The Morgan fingerprint density at radius 2 is 1.86 bits per heavy atom. The highest BCUT2D eigenvalue weighted by atomic mass is 16.4. The lowest BCUT2D eigenvalue weighted by atomic mass is 10.5. The van der Waals surface area contributed by atoms with Gasteiger partial charge in [0.15, 0.2) is 0 Å². The maximum atomic E-state index is 9.37. The van der Waals surface area contributed by atoms with Gasteiger partial charge in [-0.25, -0.2) is 0 Å². The summed E-state index contributed by atoms with van der Waals surface area (Å²) in [5, 5.41) is 7.72. The van der Waals surface area contributed by atoms with Crippen LogP contribution in [-0.2, 0) is 4.79 Å². The van der Waals surface area contributed by atoms with Crippen LogP contribution in [-0.4, -0.2) is 11.1 Å². The van der Waals surface area contributed by atoms with Crippen molar-refractivity contribution >= 4 is 5.97 Å². The quantitative estimate of drug-likeness (QED) is 0.484. The summed E-state index contributed by atoms with van der Waals surface area (Å²) in [5.41, 5.74) is 4.50. The van der Waals surface area contributed by atoms with E-state index in [2.05, 4.69) is 5.59 Å². The van der Waals surface area contributed by atoms with Crippen molar-refractivity contribution in [1.82, 2.24) is 0 Å². The highest BCUT2D eigenvalue weighted by Crippen LogP contribution is 1.67. The molecule has 4 nitrogen and oxygen atoms in total. The molecule has 4 heteroatoms. The van der Waals surface area contributed by atoms with Gasteiger partial charge >= 0.3 is 5.97 Å². The first-order chi connectivity index (χ1) is 3.27. The normalized spacial score (nSPS) is 5.86. The SMILES string of the molecule is CCC(=O)O.N=O. The van der Waals surface area contributed by atoms with Gasteiger partial charge in [-0.05, 0) is 0 Å². The first-order valence-corrected chi connectivity index (χ1v) is 1.69. The van der Waals surface area contributed by atoms with Crippen molar-refractivity contribution in [1.29, 1.82) is 5.59 Å². The molecule has 0 rings (SSSR count). The summed E-state index contributed by atoms with van der Waals surface area (Å²) >= 11 is 0. The van der Waals surface area contributed by atoms with Crippen LogP contribution < -0.4 is 0 Å². The van der Waals surface area contributed by atoms with E-state index in [0.717, 1.165) is 0 Å². The van der Waals surface area contributed by atoms with Gasteiger partial charge in [0.05, 0.1) is 0 Å². The molecular formula is C3H7NO3. The topological polar surface area (TPSA) is 78.2 Å². The molecule has 0 unspecified atom stereocenters. The molecular weight excluding hydrogens is 98.0 g/mol. The van der Waals surface area contributed by atoms with Crippen LogP contribution in [0.5, 0.6) is 0 Å². The van der Waals surface area contributed by atoms with Crippen LogP contribution in [0.1, 0.15) is 13.3 Å². The smallest absolute Gasteiger partial charge is 0.303 e. The van der Waals surface area contributed by atoms with Crippen molar-refractivity contribution in [3.8, 4) is 0 Å². The molecule has 0 aromatic carbocycles. The average molecular weight is 105 g/mol. The second kappa shape index (κ2) is 8.91. The van der Waals surface area contributed by atoms with Crippen molar-refractivity contribution in [2.45, 2.75) is 13.3 Å². The molecule has 0 saturated heterocycles. The van der Waals surface area contributed by atoms with Gasteiger partial charge < -0.3 is 5.11 Å². The van der Waals surface area contributed by atoms with E-state index in [1.165, 1.54) is 0 Å². The van der Waals surface area contributed by atoms with E-state index < -0.39 is 5.97 Å². The molecule has 0 aromatic rings. The number of carbonyl (C=O) groups is 1. The van der Waals surface area contributed by atoms with Gasteiger partial charge in [0.25, 0.3) is 0 Å². The molecule has 0 heterocycles. The number of hydrogen-bond donors (Lipinski definition) is 2. The van der Waals surface area contributed by atoms with E-state index in [1.807, 2.05) is 0 Å². The summed E-state index contributed by atoms with van der Waals surface area (Å²) < 4.78 is 0. The fourth-order valence-corrected chi connectivity index (χ4v) is 0. The Balaban J connectivity index is 0. The van der Waals surface area contributed by atoms with Crippen molar-refractivity contribution in [2.24, 2.45) is 0 Å². The molecule has 0 fully saturated rings. The molecule has 0 spiro atoms. The number of rotatable bonds is 1. The molecule has 0 atom stereocenters. The second-order valence-electron chi connectivity index (χ2n) is 0.747. The molecule has 0 aliphatic heterocycles. The Labute approximate surface area is 40.9 Å². The van der Waals surface area contributed by atoms with Crippen LogP contribution in [0.25, 0.3) is 0 Å². The highest BCUT2D eigenvalue weighted by molar-refractivity contribution is 5.66. The van der Waals surface area contributed by atoms with E-state index >= 15 is 0 Å². The van der Waals surface area contributed by atoms with E-state index in [9.17, 15) is 4.79 Å². The number of hydrogen-bond acceptors (Lipinski definition) is 3. The Hall–Kier alpha value is -0.930. The van der Waals surface area contributed by atoms with Gasteiger partial charge in [-0.3, -0.25) is 4.79 Å². The Morgan fingerprint density at radius 1 is 1.71 bits per heavy atom. The molecule has 2 N–H and O–H groups in total. The minimum absolute atomic E-state index is 0.222. The number of carboxylic acids is 1. The van der Waals surface area contributed by atoms with Crippen LogP contribution >= 0.6 is 0 Å². The molecule has 0 aliphatic rings. The minimum Gasteiger partial charge on any atom is -0.481 e. The predicted molar refractivity (Wildman–Crippen MR) is 24.0 cm³/mol. The standard InChI is InChI=1S/C3H6O2.HNO/c1-2-3(4)5;1-2/h2H2,1H3,(H,4,5);1H. The van der Waals surface area contributed by atoms with Crippen LogP contribution in [0.4, 0.5) is 0 Å². The molecule has 0 saturated carbocycles. The first-order valence-electron chi connectivity index (χ1n) is 1.69. The van der Waals surface area contributed by atoms with Gasteiger partial charge in [-0.2, -0.15) is 4.91 Å². The fraction of sp³-hybridized carbons (Fsp3) is 0.667. The van der Waals surface area contributed by atoms with Crippen molar-refractivity contribution in [3.05, 3.63) is 4.91 Å². The van der Waals surface area contributed by atoms with Gasteiger partial charge in [0.1, 0.15) is 0 Å². The monoisotopic (exact) mass is 105 g/mol. The zero-order valence-electron chi connectivity index (χ0n) is 3.97. The summed E-state index contributed by atoms with van der Waals surface area (Å²) in [6, 6.07) is 0. The largest absolute Gasteiger partial charge is 0.481 e. The van der Waals surface area contributed by atoms with E-state index in [1.54, 1.807) is 6.92 Å². The van der Waals surface area contributed by atoms with Gasteiger partial charge in [0.2, 0.25) is 0 Å². The van der Waals surface area contributed by atoms with Crippen LogP contribution in [0.2, 0.25) is 0 Å². The summed E-state index contributed by atoms with van der Waals surface area (Å²) in [4.78, 5) is 16.9. The third-order valence-corrected chi connectivity index (χ3v) is 0.302. The lowest BCUT2D eigenvalue weighted by molar-refractivity contribution is -0.136. The maximum absolute atomic E-state index is 9.37. The molecule has 0 radical (unpaired) electrons. The molecule has 7 heavy (non-hydrogen) atoms. The number of nitroso groups, excluding NO2 is 1. The number of aliphatic carboxylic acids is 1. The Morgan fingerprint density at radius 3 is 1.86 bits per heavy atom. The molecule has 42 valence electrons. The lowest BCUT2D eigenvalue weighted by Crippen LogP contribution is -1.86. The number of nitrogens with one attached hydrogen (secondary N) is 1. The first kappa shape index (κ1) is 9.42. The fourth-order valence-electron chi connectivity index (χ4n) is 0.